The molecule has 2 aliphatic rings. The van der Waals surface area contributed by atoms with Crippen molar-refractivity contribution in [2.45, 2.75) is 31.2 Å². The topological polar surface area (TPSA) is 45.3 Å². The SMILES string of the molecule is CC=O.COc1cc(Cl)ccc1C1c2[nH]c3cccc(F)c3c2C2(CC2)CN1C. The second kappa shape index (κ2) is 7.47. The van der Waals surface area contributed by atoms with Gasteiger partial charge in [-0.3, -0.25) is 4.90 Å². The number of rotatable bonds is 2. The third-order valence-electron chi connectivity index (χ3n) is 5.94. The quantitative estimate of drug-likeness (QED) is 0.583. The molecule has 4 nitrogen and oxygen atoms in total. The van der Waals surface area contributed by atoms with E-state index in [-0.39, 0.29) is 17.3 Å². The van der Waals surface area contributed by atoms with E-state index in [1.54, 1.807) is 19.2 Å². The number of aromatic amines is 1. The summed E-state index contributed by atoms with van der Waals surface area (Å²) < 4.78 is 20.3. The van der Waals surface area contributed by atoms with Gasteiger partial charge in [0.25, 0.3) is 0 Å². The first-order chi connectivity index (χ1) is 14.0. The summed E-state index contributed by atoms with van der Waals surface area (Å²) >= 11 is 6.16. The van der Waals surface area contributed by atoms with Crippen LogP contribution in [-0.4, -0.2) is 36.9 Å². The first-order valence-electron chi connectivity index (χ1n) is 9.70. The van der Waals surface area contributed by atoms with E-state index in [1.165, 1.54) is 6.92 Å². The molecular weight excluding hydrogens is 391 g/mol. The van der Waals surface area contributed by atoms with Gasteiger partial charge in [0.15, 0.2) is 0 Å². The van der Waals surface area contributed by atoms with E-state index < -0.39 is 0 Å². The van der Waals surface area contributed by atoms with Gasteiger partial charge in [-0.15, -0.1) is 0 Å². The molecule has 1 spiro atoms. The summed E-state index contributed by atoms with van der Waals surface area (Å²) in [5.41, 5.74) is 4.22. The molecule has 5 rings (SSSR count). The Morgan fingerprint density at radius 1 is 1.31 bits per heavy atom. The Morgan fingerprint density at radius 3 is 2.69 bits per heavy atom. The highest BCUT2D eigenvalue weighted by molar-refractivity contribution is 6.30. The minimum Gasteiger partial charge on any atom is -0.496 e. The van der Waals surface area contributed by atoms with Gasteiger partial charge in [-0.05, 0) is 56.6 Å². The molecule has 152 valence electrons. The summed E-state index contributed by atoms with van der Waals surface area (Å²) in [6, 6.07) is 11.0. The van der Waals surface area contributed by atoms with Crippen molar-refractivity contribution in [2.24, 2.45) is 0 Å². The maximum Gasteiger partial charge on any atom is 0.132 e. The number of halogens is 2. The van der Waals surface area contributed by atoms with Gasteiger partial charge in [0.1, 0.15) is 17.9 Å². The lowest BCUT2D eigenvalue weighted by molar-refractivity contribution is -0.106. The largest absolute Gasteiger partial charge is 0.496 e. The number of methoxy groups -OCH3 is 1. The van der Waals surface area contributed by atoms with Gasteiger partial charge in [-0.2, -0.15) is 0 Å². The van der Waals surface area contributed by atoms with E-state index in [4.69, 9.17) is 21.1 Å². The van der Waals surface area contributed by atoms with E-state index in [1.807, 2.05) is 24.3 Å². The van der Waals surface area contributed by atoms with Gasteiger partial charge >= 0.3 is 0 Å². The molecule has 1 aliphatic carbocycles. The number of H-pyrrole nitrogens is 1. The number of benzene rings is 2. The summed E-state index contributed by atoms with van der Waals surface area (Å²) in [6.45, 7) is 2.36. The van der Waals surface area contributed by atoms with Crippen molar-refractivity contribution in [3.8, 4) is 5.75 Å². The third kappa shape index (κ3) is 3.22. The van der Waals surface area contributed by atoms with E-state index in [9.17, 15) is 4.39 Å². The lowest BCUT2D eigenvalue weighted by atomic mass is 9.83. The van der Waals surface area contributed by atoms with Crippen LogP contribution in [0.2, 0.25) is 5.02 Å². The van der Waals surface area contributed by atoms with Crippen molar-refractivity contribution in [3.63, 3.8) is 0 Å². The Balaban J connectivity index is 0.000000645. The number of aldehydes is 1. The molecule has 2 aromatic carbocycles. The molecule has 1 unspecified atom stereocenters. The monoisotopic (exact) mass is 414 g/mol. The average Bonchev–Trinajstić information content (AvgIpc) is 3.32. The Labute approximate surface area is 174 Å². The lowest BCUT2D eigenvalue weighted by Crippen LogP contribution is -2.39. The molecule has 1 aliphatic heterocycles. The van der Waals surface area contributed by atoms with Crippen LogP contribution in [0.25, 0.3) is 10.9 Å². The zero-order chi connectivity index (χ0) is 20.8. The fourth-order valence-corrected chi connectivity index (χ4v) is 4.87. The van der Waals surface area contributed by atoms with Crippen LogP contribution in [0.1, 0.15) is 42.6 Å². The number of hydrogen-bond acceptors (Lipinski definition) is 3. The number of nitrogens with one attached hydrogen (secondary N) is 1. The molecule has 29 heavy (non-hydrogen) atoms. The Bertz CT molecular complexity index is 1070. The summed E-state index contributed by atoms with van der Waals surface area (Å²) in [5.74, 6) is 0.615. The lowest BCUT2D eigenvalue weighted by Gasteiger charge is -2.38. The predicted octanol–water partition coefficient (Wildman–Crippen LogP) is 5.24. The van der Waals surface area contributed by atoms with Crippen LogP contribution in [-0.2, 0) is 10.2 Å². The highest BCUT2D eigenvalue weighted by Crippen LogP contribution is 2.58. The Morgan fingerprint density at radius 2 is 2.03 bits per heavy atom. The minimum absolute atomic E-state index is 0.0183. The summed E-state index contributed by atoms with van der Waals surface area (Å²) in [5, 5.41) is 1.40. The first kappa shape index (κ1) is 19.9. The molecule has 6 heteroatoms. The molecule has 3 aromatic rings. The second-order valence-electron chi connectivity index (χ2n) is 7.80. The molecule has 0 bridgehead atoms. The van der Waals surface area contributed by atoms with Crippen LogP contribution < -0.4 is 4.74 Å². The number of aromatic nitrogens is 1. The average molecular weight is 415 g/mol. The molecule has 0 amide bonds. The molecule has 1 fully saturated rings. The molecule has 1 saturated carbocycles. The predicted molar refractivity (Wildman–Crippen MR) is 113 cm³/mol. The standard InChI is InChI=1S/C21H20ClFN2O.C2H4O/c1-25-11-21(8-9-21)18-17-14(23)4-3-5-15(17)24-19(18)20(25)13-7-6-12(22)10-16(13)26-2;1-2-3/h3-7,10,20,24H,8-9,11H2,1-2H3;2H,1H3. The van der Waals surface area contributed by atoms with Gasteiger partial charge < -0.3 is 14.5 Å². The van der Waals surface area contributed by atoms with E-state index >= 15 is 0 Å². The number of carbonyl (C=O) groups is 1. The normalized spacial score (nSPS) is 19.4. The van der Waals surface area contributed by atoms with Crippen molar-refractivity contribution < 1.29 is 13.9 Å². The fourth-order valence-electron chi connectivity index (χ4n) is 4.71. The number of likely N-dealkylation sites (N-methyl/N-ethyl adjacent to an activating group) is 1. The summed E-state index contributed by atoms with van der Waals surface area (Å²) in [7, 11) is 3.79. The second-order valence-corrected chi connectivity index (χ2v) is 8.23. The number of hydrogen-bond donors (Lipinski definition) is 1. The molecule has 0 saturated heterocycles. The van der Waals surface area contributed by atoms with Crippen molar-refractivity contribution in [2.75, 3.05) is 20.7 Å². The van der Waals surface area contributed by atoms with E-state index in [0.29, 0.717) is 5.02 Å². The number of ether oxygens (including phenoxy) is 1. The number of nitrogens with zero attached hydrogens (tertiary/aromatic N) is 1. The minimum atomic E-state index is -0.141. The zero-order valence-electron chi connectivity index (χ0n) is 16.8. The van der Waals surface area contributed by atoms with Crippen LogP contribution in [0.4, 0.5) is 4.39 Å². The van der Waals surface area contributed by atoms with Gasteiger partial charge in [0.05, 0.1) is 13.2 Å². The smallest absolute Gasteiger partial charge is 0.132 e. The maximum absolute atomic E-state index is 14.7. The molecule has 1 atom stereocenters. The first-order valence-corrected chi connectivity index (χ1v) is 10.1. The van der Waals surface area contributed by atoms with Crippen molar-refractivity contribution in [1.82, 2.24) is 9.88 Å². The van der Waals surface area contributed by atoms with Crippen LogP contribution in [0.15, 0.2) is 36.4 Å². The number of carbonyl (C=O) groups excluding carboxylic acids is 1. The van der Waals surface area contributed by atoms with Crippen molar-refractivity contribution in [3.05, 3.63) is 64.1 Å². The van der Waals surface area contributed by atoms with Gasteiger partial charge in [-0.1, -0.05) is 23.7 Å². The van der Waals surface area contributed by atoms with E-state index in [2.05, 4.69) is 16.9 Å². The molecule has 1 aromatic heterocycles. The van der Waals surface area contributed by atoms with Crippen molar-refractivity contribution in [1.29, 1.82) is 0 Å². The van der Waals surface area contributed by atoms with Gasteiger partial charge in [0, 0.05) is 39.1 Å². The van der Waals surface area contributed by atoms with E-state index in [0.717, 1.165) is 59.1 Å². The Hall–Kier alpha value is -2.37. The van der Waals surface area contributed by atoms with Crippen LogP contribution in [0, 0.1) is 5.82 Å². The van der Waals surface area contributed by atoms with Crippen LogP contribution in [0.3, 0.4) is 0 Å². The zero-order valence-corrected chi connectivity index (χ0v) is 17.5. The Kier molecular flexibility index (Phi) is 5.13. The molecular formula is C23H24ClFN2O2. The van der Waals surface area contributed by atoms with Gasteiger partial charge in [0.2, 0.25) is 0 Å². The highest BCUT2D eigenvalue weighted by Gasteiger charge is 2.53. The fraction of sp³-hybridized carbons (Fsp3) is 0.348. The van der Waals surface area contributed by atoms with Crippen LogP contribution >= 0.6 is 11.6 Å². The van der Waals surface area contributed by atoms with Crippen LogP contribution in [0.5, 0.6) is 5.75 Å². The highest BCUT2D eigenvalue weighted by atomic mass is 35.5. The van der Waals surface area contributed by atoms with Crippen molar-refractivity contribution >= 4 is 28.8 Å². The maximum atomic E-state index is 14.7. The molecule has 2 heterocycles. The summed E-state index contributed by atoms with van der Waals surface area (Å²) in [4.78, 5) is 14.7. The third-order valence-corrected chi connectivity index (χ3v) is 6.18. The molecule has 1 N–H and O–H groups in total. The van der Waals surface area contributed by atoms with Gasteiger partial charge in [-0.25, -0.2) is 4.39 Å². The molecule has 0 radical (unpaired) electrons. The summed E-state index contributed by atoms with van der Waals surface area (Å²) in [6.07, 6.45) is 2.96. The number of fused-ring (bicyclic) bond motifs is 4.